The van der Waals surface area contributed by atoms with E-state index in [2.05, 4.69) is 19.2 Å². The molecule has 0 aromatic carbocycles. The van der Waals surface area contributed by atoms with Gasteiger partial charge in [0.15, 0.2) is 0 Å². The number of hydrogen-bond acceptors (Lipinski definition) is 2. The molecule has 1 N–H and O–H groups in total. The Labute approximate surface area is 129 Å². The molecule has 0 aliphatic carbocycles. The van der Waals surface area contributed by atoms with Crippen molar-refractivity contribution in [1.82, 2.24) is 10.2 Å². The number of rotatable bonds is 9. The highest BCUT2D eigenvalue weighted by Crippen LogP contribution is 2.12. The molecule has 1 rings (SSSR count). The Hall–Kier alpha value is -1.06. The van der Waals surface area contributed by atoms with E-state index < -0.39 is 0 Å². The number of amides is 2. The number of hydrogen-bond donors (Lipinski definition) is 1. The van der Waals surface area contributed by atoms with Crippen LogP contribution in [0.4, 0.5) is 0 Å². The van der Waals surface area contributed by atoms with Crippen LogP contribution in [-0.4, -0.2) is 35.8 Å². The van der Waals surface area contributed by atoms with Gasteiger partial charge in [0.05, 0.1) is 0 Å². The van der Waals surface area contributed by atoms with E-state index in [1.54, 1.807) is 0 Å². The second-order valence-electron chi connectivity index (χ2n) is 6.58. The Morgan fingerprint density at radius 2 is 1.90 bits per heavy atom. The van der Waals surface area contributed by atoms with Crippen LogP contribution in [0.3, 0.4) is 0 Å². The Morgan fingerprint density at radius 3 is 2.57 bits per heavy atom. The average molecular weight is 296 g/mol. The Balaban J connectivity index is 2.31. The van der Waals surface area contributed by atoms with Crippen molar-refractivity contribution in [3.63, 3.8) is 0 Å². The van der Waals surface area contributed by atoms with E-state index in [-0.39, 0.29) is 17.9 Å². The van der Waals surface area contributed by atoms with Crippen molar-refractivity contribution in [2.75, 3.05) is 13.1 Å². The molecule has 1 aliphatic rings. The van der Waals surface area contributed by atoms with Crippen LogP contribution < -0.4 is 5.32 Å². The van der Waals surface area contributed by atoms with Crippen LogP contribution in [0.2, 0.25) is 0 Å². The first kappa shape index (κ1) is 18.0. The fraction of sp³-hybridized carbons (Fsp3) is 0.882. The van der Waals surface area contributed by atoms with Crippen LogP contribution in [0.25, 0.3) is 0 Å². The summed E-state index contributed by atoms with van der Waals surface area (Å²) in [5.41, 5.74) is 0. The first-order chi connectivity index (χ1) is 10.0. The minimum atomic E-state index is -0.300. The number of carbonyl (C=O) groups is 2. The van der Waals surface area contributed by atoms with Gasteiger partial charge in [0.25, 0.3) is 0 Å². The molecule has 21 heavy (non-hydrogen) atoms. The number of carbonyl (C=O) groups excluding carboxylic acids is 2. The number of nitrogens with one attached hydrogen (secondary N) is 1. The normalized spacial score (nSPS) is 19.8. The molecular weight excluding hydrogens is 264 g/mol. The first-order valence-electron chi connectivity index (χ1n) is 8.62. The van der Waals surface area contributed by atoms with Crippen molar-refractivity contribution >= 4 is 11.8 Å². The smallest absolute Gasteiger partial charge is 0.245 e. The summed E-state index contributed by atoms with van der Waals surface area (Å²) in [4.78, 5) is 25.9. The van der Waals surface area contributed by atoms with Gasteiger partial charge in [-0.25, -0.2) is 0 Å². The van der Waals surface area contributed by atoms with Crippen LogP contribution >= 0.6 is 0 Å². The summed E-state index contributed by atoms with van der Waals surface area (Å²) < 4.78 is 0. The SMILES string of the molecule is CCCC1NC(=O)CCN(CCCCCCC(C)C)C1=O. The molecule has 0 bridgehead atoms. The predicted molar refractivity (Wildman–Crippen MR) is 86.0 cm³/mol. The largest absolute Gasteiger partial charge is 0.344 e. The molecule has 1 fully saturated rings. The van der Waals surface area contributed by atoms with Gasteiger partial charge in [-0.1, -0.05) is 52.9 Å². The molecule has 1 unspecified atom stereocenters. The van der Waals surface area contributed by atoms with Gasteiger partial charge < -0.3 is 10.2 Å². The van der Waals surface area contributed by atoms with Gasteiger partial charge in [0.2, 0.25) is 11.8 Å². The van der Waals surface area contributed by atoms with Gasteiger partial charge in [0.1, 0.15) is 6.04 Å². The Morgan fingerprint density at radius 1 is 1.19 bits per heavy atom. The van der Waals surface area contributed by atoms with Gasteiger partial charge in [-0.15, -0.1) is 0 Å². The van der Waals surface area contributed by atoms with Crippen LogP contribution in [0.5, 0.6) is 0 Å². The van der Waals surface area contributed by atoms with Crippen molar-refractivity contribution in [3.05, 3.63) is 0 Å². The lowest BCUT2D eigenvalue weighted by Gasteiger charge is -2.23. The van der Waals surface area contributed by atoms with Crippen LogP contribution in [0, 0.1) is 5.92 Å². The zero-order valence-electron chi connectivity index (χ0n) is 14.0. The van der Waals surface area contributed by atoms with E-state index in [0.29, 0.717) is 13.0 Å². The summed E-state index contributed by atoms with van der Waals surface area (Å²) in [6, 6.07) is -0.300. The maximum absolute atomic E-state index is 12.4. The van der Waals surface area contributed by atoms with E-state index in [4.69, 9.17) is 0 Å². The highest BCUT2D eigenvalue weighted by molar-refractivity contribution is 5.89. The fourth-order valence-corrected chi connectivity index (χ4v) is 2.81. The van der Waals surface area contributed by atoms with Crippen molar-refractivity contribution in [2.45, 2.75) is 78.2 Å². The quantitative estimate of drug-likeness (QED) is 0.665. The second kappa shape index (κ2) is 9.80. The molecule has 0 aromatic rings. The van der Waals surface area contributed by atoms with Gasteiger partial charge in [0, 0.05) is 19.5 Å². The lowest BCUT2D eigenvalue weighted by atomic mass is 10.0. The summed E-state index contributed by atoms with van der Waals surface area (Å²) in [5.74, 6) is 0.912. The molecular formula is C17H32N2O2. The van der Waals surface area contributed by atoms with E-state index in [0.717, 1.165) is 31.7 Å². The molecule has 1 heterocycles. The third kappa shape index (κ3) is 6.96. The molecule has 2 amide bonds. The Bertz CT molecular complexity index is 329. The van der Waals surface area contributed by atoms with Crippen molar-refractivity contribution in [3.8, 4) is 0 Å². The molecule has 1 atom stereocenters. The lowest BCUT2D eigenvalue weighted by Crippen LogP contribution is -2.44. The van der Waals surface area contributed by atoms with Crippen molar-refractivity contribution in [1.29, 1.82) is 0 Å². The monoisotopic (exact) mass is 296 g/mol. The van der Waals surface area contributed by atoms with E-state index in [1.807, 2.05) is 11.8 Å². The minimum absolute atomic E-state index is 0.0150. The van der Waals surface area contributed by atoms with Crippen molar-refractivity contribution in [2.24, 2.45) is 5.92 Å². The number of unbranched alkanes of at least 4 members (excludes halogenated alkanes) is 3. The van der Waals surface area contributed by atoms with Crippen LogP contribution in [0.1, 0.15) is 72.1 Å². The molecule has 4 nitrogen and oxygen atoms in total. The maximum Gasteiger partial charge on any atom is 0.245 e. The summed E-state index contributed by atoms with van der Waals surface area (Å²) in [6.07, 6.45) is 8.15. The highest BCUT2D eigenvalue weighted by atomic mass is 16.2. The standard InChI is InChI=1S/C17H32N2O2/c1-4-9-15-17(21)19(13-11-16(20)18-15)12-8-6-5-7-10-14(2)3/h14-15H,4-13H2,1-3H3,(H,18,20). The third-order valence-corrected chi connectivity index (χ3v) is 4.09. The predicted octanol–water partition coefficient (Wildman–Crippen LogP) is 3.11. The van der Waals surface area contributed by atoms with Gasteiger partial charge in [-0.3, -0.25) is 9.59 Å². The van der Waals surface area contributed by atoms with E-state index in [1.165, 1.54) is 25.7 Å². The minimum Gasteiger partial charge on any atom is -0.344 e. The summed E-state index contributed by atoms with van der Waals surface area (Å²) in [6.45, 7) is 7.94. The van der Waals surface area contributed by atoms with E-state index >= 15 is 0 Å². The molecule has 0 saturated carbocycles. The Kier molecular flexibility index (Phi) is 8.40. The molecule has 1 aliphatic heterocycles. The molecule has 1 saturated heterocycles. The summed E-state index contributed by atoms with van der Waals surface area (Å²) in [7, 11) is 0. The van der Waals surface area contributed by atoms with Crippen LogP contribution in [-0.2, 0) is 9.59 Å². The molecule has 0 spiro atoms. The van der Waals surface area contributed by atoms with Crippen LogP contribution in [0.15, 0.2) is 0 Å². The fourth-order valence-electron chi connectivity index (χ4n) is 2.81. The summed E-state index contributed by atoms with van der Waals surface area (Å²) in [5, 5.41) is 2.85. The second-order valence-corrected chi connectivity index (χ2v) is 6.58. The molecule has 0 radical (unpaired) electrons. The molecule has 0 aromatic heterocycles. The molecule has 122 valence electrons. The van der Waals surface area contributed by atoms with Gasteiger partial charge >= 0.3 is 0 Å². The average Bonchev–Trinajstić information content (AvgIpc) is 2.56. The first-order valence-corrected chi connectivity index (χ1v) is 8.62. The zero-order chi connectivity index (χ0) is 15.7. The zero-order valence-corrected chi connectivity index (χ0v) is 14.0. The van der Waals surface area contributed by atoms with Crippen molar-refractivity contribution < 1.29 is 9.59 Å². The summed E-state index contributed by atoms with van der Waals surface area (Å²) >= 11 is 0. The number of nitrogens with zero attached hydrogens (tertiary/aromatic N) is 1. The van der Waals surface area contributed by atoms with E-state index in [9.17, 15) is 9.59 Å². The lowest BCUT2D eigenvalue weighted by molar-refractivity contribution is -0.133. The highest BCUT2D eigenvalue weighted by Gasteiger charge is 2.28. The van der Waals surface area contributed by atoms with Gasteiger partial charge in [-0.2, -0.15) is 0 Å². The molecule has 4 heteroatoms. The third-order valence-electron chi connectivity index (χ3n) is 4.09. The topological polar surface area (TPSA) is 49.4 Å². The van der Waals surface area contributed by atoms with Gasteiger partial charge in [-0.05, 0) is 18.8 Å². The maximum atomic E-state index is 12.4.